The van der Waals surface area contributed by atoms with Crippen LogP contribution in [0.1, 0.15) is 25.3 Å². The molecule has 2 aliphatic heterocycles. The smallest absolute Gasteiger partial charge is 0.295 e. The molecular formula is C26H31ClN6O2. The summed E-state index contributed by atoms with van der Waals surface area (Å²) in [7, 11) is 0. The highest BCUT2D eigenvalue weighted by Gasteiger charge is 2.33. The summed E-state index contributed by atoms with van der Waals surface area (Å²) in [5.74, 6) is 0.464. The zero-order valence-electron chi connectivity index (χ0n) is 20.3. The van der Waals surface area contributed by atoms with Crippen LogP contribution < -0.4 is 15.4 Å². The van der Waals surface area contributed by atoms with Gasteiger partial charge in [-0.05, 0) is 56.5 Å². The van der Waals surface area contributed by atoms with Crippen LogP contribution in [-0.4, -0.2) is 64.6 Å². The minimum atomic E-state index is -0.141. The first kappa shape index (κ1) is 23.6. The summed E-state index contributed by atoms with van der Waals surface area (Å²) in [5.41, 5.74) is 3.48. The standard InChI is InChI=1S/C26H31ClN6O2/c1-3-33-23-21(7-4-10-28-23)29-24(26(33)35)32-11-5-6-19(17-32)25(34)31-14-12-30(13-15-31)22-16-20(27)9-8-18(22)2/h4,7-10,16,19H,3,5-6,11-15,17H2,1-2H3/t19-/m1/s1. The van der Waals surface area contributed by atoms with Gasteiger partial charge in [0.05, 0.1) is 5.92 Å². The van der Waals surface area contributed by atoms with Gasteiger partial charge in [-0.15, -0.1) is 0 Å². The molecular weight excluding hydrogens is 464 g/mol. The fourth-order valence-corrected chi connectivity index (χ4v) is 5.45. The van der Waals surface area contributed by atoms with Gasteiger partial charge in [-0.3, -0.25) is 14.2 Å². The lowest BCUT2D eigenvalue weighted by molar-refractivity contribution is -0.136. The number of halogens is 1. The first-order valence-corrected chi connectivity index (χ1v) is 12.7. The van der Waals surface area contributed by atoms with Crippen molar-refractivity contribution in [1.82, 2.24) is 19.4 Å². The summed E-state index contributed by atoms with van der Waals surface area (Å²) in [6.45, 7) is 8.72. The SMILES string of the molecule is CCn1c(=O)c(N2CCC[C@@H](C(=O)N3CCN(c4cc(Cl)ccc4C)CC3)C2)nc2cccnc21. The van der Waals surface area contributed by atoms with Crippen LogP contribution in [-0.2, 0) is 11.3 Å². The second kappa shape index (κ2) is 9.85. The summed E-state index contributed by atoms with van der Waals surface area (Å²) in [5, 5.41) is 0.728. The molecule has 1 amide bonds. The molecule has 0 spiro atoms. The molecule has 4 heterocycles. The highest BCUT2D eigenvalue weighted by molar-refractivity contribution is 6.30. The van der Waals surface area contributed by atoms with Crippen molar-refractivity contribution in [1.29, 1.82) is 0 Å². The molecule has 184 valence electrons. The molecule has 0 saturated carbocycles. The zero-order chi connectivity index (χ0) is 24.5. The van der Waals surface area contributed by atoms with Gasteiger partial charge in [0.1, 0.15) is 5.52 Å². The van der Waals surface area contributed by atoms with Gasteiger partial charge in [0, 0.05) is 62.7 Å². The molecule has 2 saturated heterocycles. The number of benzene rings is 1. The molecule has 0 bridgehead atoms. The molecule has 2 aliphatic rings. The van der Waals surface area contributed by atoms with E-state index in [0.717, 1.165) is 43.2 Å². The van der Waals surface area contributed by atoms with Crippen LogP contribution in [0.15, 0.2) is 41.3 Å². The molecule has 2 fully saturated rings. The van der Waals surface area contributed by atoms with Crippen LogP contribution in [0.4, 0.5) is 11.5 Å². The maximum Gasteiger partial charge on any atom is 0.295 e. The summed E-state index contributed by atoms with van der Waals surface area (Å²) < 4.78 is 1.67. The number of aromatic nitrogens is 3. The topological polar surface area (TPSA) is 74.6 Å². The summed E-state index contributed by atoms with van der Waals surface area (Å²) in [6, 6.07) is 9.66. The van der Waals surface area contributed by atoms with Crippen LogP contribution in [0.25, 0.3) is 11.2 Å². The van der Waals surface area contributed by atoms with E-state index in [4.69, 9.17) is 11.6 Å². The quantitative estimate of drug-likeness (QED) is 0.554. The van der Waals surface area contributed by atoms with Crippen molar-refractivity contribution >= 4 is 40.2 Å². The van der Waals surface area contributed by atoms with Crippen LogP contribution in [0, 0.1) is 12.8 Å². The van der Waals surface area contributed by atoms with Crippen LogP contribution >= 0.6 is 11.6 Å². The van der Waals surface area contributed by atoms with Gasteiger partial charge in [0.15, 0.2) is 11.5 Å². The first-order valence-electron chi connectivity index (χ1n) is 12.4. The predicted molar refractivity (Wildman–Crippen MR) is 139 cm³/mol. The van der Waals surface area contributed by atoms with Crippen molar-refractivity contribution < 1.29 is 4.79 Å². The number of hydrogen-bond donors (Lipinski definition) is 0. The highest BCUT2D eigenvalue weighted by Crippen LogP contribution is 2.27. The number of rotatable bonds is 4. The van der Waals surface area contributed by atoms with Gasteiger partial charge in [-0.25, -0.2) is 9.97 Å². The Morgan fingerprint density at radius 2 is 1.91 bits per heavy atom. The number of hydrogen-bond acceptors (Lipinski definition) is 6. The van der Waals surface area contributed by atoms with Crippen LogP contribution in [0.5, 0.6) is 0 Å². The Hall–Kier alpha value is -3.13. The number of piperazine rings is 1. The predicted octanol–water partition coefficient (Wildman–Crippen LogP) is 3.34. The van der Waals surface area contributed by atoms with E-state index in [9.17, 15) is 9.59 Å². The third-order valence-corrected chi connectivity index (χ3v) is 7.41. The highest BCUT2D eigenvalue weighted by atomic mass is 35.5. The molecule has 0 unspecified atom stereocenters. The molecule has 9 heteroatoms. The number of carbonyl (C=O) groups is 1. The van der Waals surface area contributed by atoms with Gasteiger partial charge in [0.2, 0.25) is 5.91 Å². The number of anilines is 2. The van der Waals surface area contributed by atoms with Gasteiger partial charge >= 0.3 is 0 Å². The Bertz CT molecular complexity index is 1300. The van der Waals surface area contributed by atoms with Crippen molar-refractivity contribution in [2.75, 3.05) is 49.1 Å². The third kappa shape index (κ3) is 4.59. The average molecular weight is 495 g/mol. The van der Waals surface area contributed by atoms with E-state index in [1.54, 1.807) is 10.8 Å². The van der Waals surface area contributed by atoms with E-state index in [1.807, 2.05) is 47.1 Å². The number of fused-ring (bicyclic) bond motifs is 1. The Morgan fingerprint density at radius 1 is 1.11 bits per heavy atom. The third-order valence-electron chi connectivity index (χ3n) is 7.17. The Morgan fingerprint density at radius 3 is 2.69 bits per heavy atom. The molecule has 1 atom stereocenters. The monoisotopic (exact) mass is 494 g/mol. The van der Waals surface area contributed by atoms with Crippen LogP contribution in [0.3, 0.4) is 0 Å². The van der Waals surface area contributed by atoms with Gasteiger partial charge < -0.3 is 14.7 Å². The van der Waals surface area contributed by atoms with E-state index in [0.29, 0.717) is 43.2 Å². The molecule has 0 N–H and O–H groups in total. The Labute approximate surface area is 210 Å². The largest absolute Gasteiger partial charge is 0.368 e. The lowest BCUT2D eigenvalue weighted by Gasteiger charge is -2.40. The minimum Gasteiger partial charge on any atom is -0.368 e. The molecule has 2 aromatic heterocycles. The number of pyridine rings is 1. The zero-order valence-corrected chi connectivity index (χ0v) is 21.0. The lowest BCUT2D eigenvalue weighted by Crippen LogP contribution is -2.53. The summed E-state index contributed by atoms with van der Waals surface area (Å²) in [4.78, 5) is 42.0. The van der Waals surface area contributed by atoms with Crippen molar-refractivity contribution in [2.24, 2.45) is 5.92 Å². The van der Waals surface area contributed by atoms with Crippen LogP contribution in [0.2, 0.25) is 5.02 Å². The molecule has 1 aromatic carbocycles. The molecule has 5 rings (SSSR count). The minimum absolute atomic E-state index is 0.135. The maximum atomic E-state index is 13.5. The Balaban J connectivity index is 1.29. The second-order valence-electron chi connectivity index (χ2n) is 9.36. The number of carbonyl (C=O) groups excluding carboxylic acids is 1. The Kier molecular flexibility index (Phi) is 6.65. The van der Waals surface area contributed by atoms with Crippen molar-refractivity contribution in [2.45, 2.75) is 33.2 Å². The van der Waals surface area contributed by atoms with Crippen molar-refractivity contribution in [3.05, 3.63) is 57.5 Å². The maximum absolute atomic E-state index is 13.5. The fraction of sp³-hybridized carbons (Fsp3) is 0.462. The van der Waals surface area contributed by atoms with E-state index >= 15 is 0 Å². The second-order valence-corrected chi connectivity index (χ2v) is 9.80. The van der Waals surface area contributed by atoms with E-state index in [-0.39, 0.29) is 17.4 Å². The molecule has 3 aromatic rings. The van der Waals surface area contributed by atoms with Gasteiger partial charge in [-0.1, -0.05) is 17.7 Å². The number of amides is 1. The number of aryl methyl sites for hydroxylation is 2. The number of piperidine rings is 1. The normalized spacial score (nSPS) is 18.8. The van der Waals surface area contributed by atoms with E-state index in [2.05, 4.69) is 21.8 Å². The summed E-state index contributed by atoms with van der Waals surface area (Å²) in [6.07, 6.45) is 3.37. The molecule has 0 aliphatic carbocycles. The van der Waals surface area contributed by atoms with Gasteiger partial charge in [-0.2, -0.15) is 0 Å². The van der Waals surface area contributed by atoms with Crippen molar-refractivity contribution in [3.63, 3.8) is 0 Å². The van der Waals surface area contributed by atoms with Crippen molar-refractivity contribution in [3.8, 4) is 0 Å². The molecule has 35 heavy (non-hydrogen) atoms. The average Bonchev–Trinajstić information content (AvgIpc) is 2.89. The molecule has 8 nitrogen and oxygen atoms in total. The molecule has 0 radical (unpaired) electrons. The van der Waals surface area contributed by atoms with E-state index < -0.39 is 0 Å². The first-order chi connectivity index (χ1) is 17.0. The lowest BCUT2D eigenvalue weighted by atomic mass is 9.96. The summed E-state index contributed by atoms with van der Waals surface area (Å²) >= 11 is 6.22. The fourth-order valence-electron chi connectivity index (χ4n) is 5.28. The van der Waals surface area contributed by atoms with Gasteiger partial charge in [0.25, 0.3) is 5.56 Å². The number of nitrogens with zero attached hydrogens (tertiary/aromatic N) is 6. The van der Waals surface area contributed by atoms with E-state index in [1.165, 1.54) is 5.56 Å².